The number of rotatable bonds is 5. The maximum atomic E-state index is 12.8. The van der Waals surface area contributed by atoms with Crippen molar-refractivity contribution in [3.8, 4) is 11.5 Å². The van der Waals surface area contributed by atoms with Crippen LogP contribution < -0.4 is 14.8 Å². The van der Waals surface area contributed by atoms with Crippen LogP contribution in [0, 0.1) is 0 Å². The molecule has 0 aliphatic carbocycles. The van der Waals surface area contributed by atoms with Crippen LogP contribution in [0.25, 0.3) is 0 Å². The van der Waals surface area contributed by atoms with Gasteiger partial charge in [-0.1, -0.05) is 6.07 Å². The van der Waals surface area contributed by atoms with Gasteiger partial charge in [-0.05, 0) is 42.0 Å². The Kier molecular flexibility index (Phi) is 5.07. The molecule has 144 valence electrons. The smallest absolute Gasteiger partial charge is 0.263 e. The Labute approximate surface area is 161 Å². The molecule has 0 bridgehead atoms. The normalized spacial score (nSPS) is 17.0. The standard InChI is InChI=1S/C18H20N2O5S2/c21-18(19-12-13-3-4-14-15(11-13)25-9-8-24-14)17-16(5-10-26-17)27(22,23)20-6-1-2-7-20/h3-5,10-11H,1-2,6-9,12H2,(H,19,21). The van der Waals surface area contributed by atoms with E-state index < -0.39 is 15.9 Å². The lowest BCUT2D eigenvalue weighted by Gasteiger charge is -2.19. The van der Waals surface area contributed by atoms with Crippen molar-refractivity contribution in [2.24, 2.45) is 0 Å². The molecule has 0 atom stereocenters. The number of thiophene rings is 1. The van der Waals surface area contributed by atoms with E-state index in [-0.39, 0.29) is 16.3 Å². The first-order valence-electron chi connectivity index (χ1n) is 8.80. The second-order valence-corrected chi connectivity index (χ2v) is 9.21. The van der Waals surface area contributed by atoms with Crippen molar-refractivity contribution in [2.45, 2.75) is 24.3 Å². The maximum Gasteiger partial charge on any atom is 0.263 e. The first-order chi connectivity index (χ1) is 13.1. The predicted octanol–water partition coefficient (Wildman–Crippen LogP) is 2.23. The Morgan fingerprint density at radius 3 is 2.63 bits per heavy atom. The van der Waals surface area contributed by atoms with E-state index in [4.69, 9.17) is 9.47 Å². The third kappa shape index (κ3) is 3.67. The van der Waals surface area contributed by atoms with Crippen LogP contribution in [0.15, 0.2) is 34.5 Å². The van der Waals surface area contributed by atoms with Crippen LogP contribution in [-0.4, -0.2) is 44.9 Å². The van der Waals surface area contributed by atoms with E-state index in [0.29, 0.717) is 37.8 Å². The zero-order valence-electron chi connectivity index (χ0n) is 14.6. The number of nitrogens with one attached hydrogen (secondary N) is 1. The molecule has 4 rings (SSSR count). The van der Waals surface area contributed by atoms with Gasteiger partial charge in [-0.3, -0.25) is 4.79 Å². The number of fused-ring (bicyclic) bond motifs is 1. The molecule has 1 aromatic heterocycles. The highest BCUT2D eigenvalue weighted by Gasteiger charge is 2.31. The molecule has 3 heterocycles. The lowest BCUT2D eigenvalue weighted by molar-refractivity contribution is 0.0951. The van der Waals surface area contributed by atoms with Crippen LogP contribution in [-0.2, 0) is 16.6 Å². The molecule has 7 nitrogen and oxygen atoms in total. The summed E-state index contributed by atoms with van der Waals surface area (Å²) in [5, 5.41) is 4.44. The molecule has 1 N–H and O–H groups in total. The number of sulfonamides is 1. The van der Waals surface area contributed by atoms with Crippen molar-refractivity contribution in [3.63, 3.8) is 0 Å². The first-order valence-corrected chi connectivity index (χ1v) is 11.1. The Balaban J connectivity index is 1.47. The van der Waals surface area contributed by atoms with Gasteiger partial charge in [0.05, 0.1) is 0 Å². The SMILES string of the molecule is O=C(NCc1ccc2c(c1)OCCO2)c1sccc1S(=O)(=O)N1CCCC1. The van der Waals surface area contributed by atoms with Crippen molar-refractivity contribution in [1.82, 2.24) is 9.62 Å². The van der Waals surface area contributed by atoms with Gasteiger partial charge in [-0.25, -0.2) is 8.42 Å². The average molecular weight is 409 g/mol. The molecule has 2 aliphatic heterocycles. The molecule has 0 spiro atoms. The number of carbonyl (C=O) groups excluding carboxylic acids is 1. The predicted molar refractivity (Wildman–Crippen MR) is 101 cm³/mol. The van der Waals surface area contributed by atoms with E-state index in [9.17, 15) is 13.2 Å². The van der Waals surface area contributed by atoms with Crippen LogP contribution in [0.3, 0.4) is 0 Å². The largest absolute Gasteiger partial charge is 0.486 e. The number of ether oxygens (including phenoxy) is 2. The Bertz CT molecular complexity index is 948. The molecule has 0 saturated carbocycles. The van der Waals surface area contributed by atoms with E-state index in [1.807, 2.05) is 18.2 Å². The zero-order valence-corrected chi connectivity index (χ0v) is 16.3. The first kappa shape index (κ1) is 18.3. The molecule has 27 heavy (non-hydrogen) atoms. The van der Waals surface area contributed by atoms with Gasteiger partial charge in [0.25, 0.3) is 5.91 Å². The third-order valence-electron chi connectivity index (χ3n) is 4.58. The van der Waals surface area contributed by atoms with Crippen LogP contribution in [0.1, 0.15) is 28.1 Å². The van der Waals surface area contributed by atoms with Gasteiger partial charge in [0.2, 0.25) is 10.0 Å². The molecule has 9 heteroatoms. The van der Waals surface area contributed by atoms with E-state index in [1.54, 1.807) is 5.38 Å². The second-order valence-electron chi connectivity index (χ2n) is 6.39. The van der Waals surface area contributed by atoms with Crippen molar-refractivity contribution < 1.29 is 22.7 Å². The van der Waals surface area contributed by atoms with Crippen molar-refractivity contribution >= 4 is 27.3 Å². The summed E-state index contributed by atoms with van der Waals surface area (Å²) in [6, 6.07) is 7.00. The van der Waals surface area contributed by atoms with Crippen molar-refractivity contribution in [1.29, 1.82) is 0 Å². The highest BCUT2D eigenvalue weighted by molar-refractivity contribution is 7.89. The maximum absolute atomic E-state index is 12.8. The van der Waals surface area contributed by atoms with Crippen molar-refractivity contribution in [3.05, 3.63) is 40.1 Å². The number of carbonyl (C=O) groups is 1. The molecule has 1 amide bonds. The molecule has 1 fully saturated rings. The summed E-state index contributed by atoms with van der Waals surface area (Å²) < 4.78 is 38.0. The monoisotopic (exact) mass is 408 g/mol. The molecule has 1 saturated heterocycles. The van der Waals surface area contributed by atoms with Crippen LogP contribution >= 0.6 is 11.3 Å². The minimum atomic E-state index is -3.62. The third-order valence-corrected chi connectivity index (χ3v) is 7.56. The Hall–Kier alpha value is -2.10. The molecule has 2 aromatic rings. The van der Waals surface area contributed by atoms with Gasteiger partial charge in [0.15, 0.2) is 11.5 Å². The van der Waals surface area contributed by atoms with Crippen LogP contribution in [0.2, 0.25) is 0 Å². The van der Waals surface area contributed by atoms with Gasteiger partial charge in [-0.2, -0.15) is 4.31 Å². The lowest BCUT2D eigenvalue weighted by atomic mass is 10.2. The summed E-state index contributed by atoms with van der Waals surface area (Å²) in [6.07, 6.45) is 1.71. The summed E-state index contributed by atoms with van der Waals surface area (Å²) in [6.45, 7) is 2.31. The van der Waals surface area contributed by atoms with Crippen molar-refractivity contribution in [2.75, 3.05) is 26.3 Å². The quantitative estimate of drug-likeness (QED) is 0.820. The molecule has 2 aliphatic rings. The minimum absolute atomic E-state index is 0.0917. The molecule has 0 radical (unpaired) electrons. The fraction of sp³-hybridized carbons (Fsp3) is 0.389. The summed E-state index contributed by atoms with van der Waals surface area (Å²) in [5.41, 5.74) is 0.855. The van der Waals surface area contributed by atoms with Gasteiger partial charge < -0.3 is 14.8 Å². The Morgan fingerprint density at radius 1 is 1.11 bits per heavy atom. The summed E-state index contributed by atoms with van der Waals surface area (Å²) in [5.74, 6) is 0.952. The highest BCUT2D eigenvalue weighted by atomic mass is 32.2. The minimum Gasteiger partial charge on any atom is -0.486 e. The van der Waals surface area contributed by atoms with Gasteiger partial charge in [0.1, 0.15) is 23.0 Å². The Morgan fingerprint density at radius 2 is 1.85 bits per heavy atom. The zero-order chi connectivity index (χ0) is 18.9. The van der Waals surface area contributed by atoms with E-state index >= 15 is 0 Å². The summed E-state index contributed by atoms with van der Waals surface area (Å²) in [4.78, 5) is 12.9. The molecular formula is C18H20N2O5S2. The van der Waals surface area contributed by atoms with Crippen LogP contribution in [0.4, 0.5) is 0 Å². The molecular weight excluding hydrogens is 388 g/mol. The number of hydrogen-bond donors (Lipinski definition) is 1. The number of nitrogens with zero attached hydrogens (tertiary/aromatic N) is 1. The van der Waals surface area contributed by atoms with Crippen LogP contribution in [0.5, 0.6) is 11.5 Å². The van der Waals surface area contributed by atoms with Gasteiger partial charge >= 0.3 is 0 Å². The summed E-state index contributed by atoms with van der Waals surface area (Å²) in [7, 11) is -3.62. The lowest BCUT2D eigenvalue weighted by Crippen LogP contribution is -2.30. The molecule has 1 aromatic carbocycles. The topological polar surface area (TPSA) is 84.9 Å². The average Bonchev–Trinajstić information content (AvgIpc) is 3.38. The molecule has 0 unspecified atom stereocenters. The van der Waals surface area contributed by atoms with E-state index in [1.165, 1.54) is 10.4 Å². The second kappa shape index (κ2) is 7.49. The number of amides is 1. The van der Waals surface area contributed by atoms with Gasteiger partial charge in [0, 0.05) is 19.6 Å². The fourth-order valence-electron chi connectivity index (χ4n) is 3.19. The van der Waals surface area contributed by atoms with E-state index in [0.717, 1.165) is 29.7 Å². The highest BCUT2D eigenvalue weighted by Crippen LogP contribution is 2.31. The fourth-order valence-corrected chi connectivity index (χ4v) is 6.03. The van der Waals surface area contributed by atoms with Gasteiger partial charge in [-0.15, -0.1) is 11.3 Å². The number of hydrogen-bond acceptors (Lipinski definition) is 6. The number of benzene rings is 1. The summed E-state index contributed by atoms with van der Waals surface area (Å²) >= 11 is 1.14. The van der Waals surface area contributed by atoms with E-state index in [2.05, 4.69) is 5.32 Å².